The molecule has 320 valence electrons. The second kappa shape index (κ2) is 20.0. The van der Waals surface area contributed by atoms with Crippen LogP contribution < -0.4 is 0 Å². The topological polar surface area (TPSA) is 168 Å². The van der Waals surface area contributed by atoms with Gasteiger partial charge in [-0.15, -0.1) is 0 Å². The lowest BCUT2D eigenvalue weighted by Gasteiger charge is -2.40. The maximum atomic E-state index is 13.6. The van der Waals surface area contributed by atoms with E-state index in [2.05, 4.69) is 0 Å². The summed E-state index contributed by atoms with van der Waals surface area (Å²) < 4.78 is 67.1. The van der Waals surface area contributed by atoms with Gasteiger partial charge < -0.3 is 24.1 Å². The van der Waals surface area contributed by atoms with Gasteiger partial charge in [-0.2, -0.15) is 8.61 Å². The molecule has 2 aromatic carbocycles. The van der Waals surface area contributed by atoms with Crippen LogP contribution >= 0.6 is 46.4 Å². The van der Waals surface area contributed by atoms with Crippen molar-refractivity contribution in [2.75, 3.05) is 53.6 Å². The standard InChI is InChI=1S/2C19H24Cl2N2O5S/c1-12(24)16-11-22(6-7-28-2)19(25)18-5-3-4-17(16)23(18)29(26,27)15-9-13(20)8-14(21)10-15;1-28-8-6-22-12-13(5-7-24)17-3-2-4-18(19(22)25)23(17)29(26,27)16-10-14(20)9-15(21)11-16/h8-10,16-18H,3-7,11H2,1-2H3;7,9-11,13,17-18H,2-6,8,12H2,1H3/t16-,17?,18?;13-,17?,18?/m10/s1. The van der Waals surface area contributed by atoms with E-state index in [1.165, 1.54) is 59.0 Å². The average Bonchev–Trinajstić information content (AvgIpc) is 3.28. The van der Waals surface area contributed by atoms with Crippen LogP contribution in [0.25, 0.3) is 0 Å². The lowest BCUT2D eigenvalue weighted by atomic mass is 9.88. The number of amides is 2. The Labute approximate surface area is 360 Å². The third-order valence-corrected chi connectivity index (χ3v) is 15.9. The summed E-state index contributed by atoms with van der Waals surface area (Å²) in [5.41, 5.74) is 0. The van der Waals surface area contributed by atoms with Crippen LogP contribution in [0.2, 0.25) is 20.1 Å². The quantitative estimate of drug-likeness (QED) is 0.244. The van der Waals surface area contributed by atoms with Gasteiger partial charge in [0.1, 0.15) is 24.2 Å². The fraction of sp³-hybridized carbons (Fsp3) is 0.579. The summed E-state index contributed by atoms with van der Waals surface area (Å²) in [5, 5.41) is 0.779. The molecule has 4 heterocycles. The Hall–Kier alpha value is -2.38. The number of hydrogen-bond acceptors (Lipinski definition) is 10. The van der Waals surface area contributed by atoms with Gasteiger partial charge in [0.15, 0.2) is 0 Å². The summed E-state index contributed by atoms with van der Waals surface area (Å²) in [6, 6.07) is 5.50. The van der Waals surface area contributed by atoms with Gasteiger partial charge in [-0.1, -0.05) is 46.4 Å². The Balaban J connectivity index is 0.000000221. The summed E-state index contributed by atoms with van der Waals surface area (Å²) in [4.78, 5) is 53.4. The van der Waals surface area contributed by atoms with Gasteiger partial charge in [-0.3, -0.25) is 14.4 Å². The second-order valence-electron chi connectivity index (χ2n) is 14.8. The minimum atomic E-state index is -4.10. The molecule has 58 heavy (non-hydrogen) atoms. The molecule has 2 aromatic rings. The molecule has 6 atom stereocenters. The van der Waals surface area contributed by atoms with Crippen molar-refractivity contribution in [1.29, 1.82) is 0 Å². The molecule has 0 radical (unpaired) electrons. The van der Waals surface area contributed by atoms with E-state index in [0.717, 1.165) is 12.7 Å². The molecular formula is C38H48Cl4N4O10S2. The van der Waals surface area contributed by atoms with Gasteiger partial charge in [0, 0.05) is 79.0 Å². The molecule has 2 amide bonds. The first kappa shape index (κ1) is 46.7. The van der Waals surface area contributed by atoms with Crippen molar-refractivity contribution in [3.05, 3.63) is 56.5 Å². The van der Waals surface area contributed by atoms with E-state index in [-0.39, 0.29) is 66.4 Å². The van der Waals surface area contributed by atoms with E-state index in [0.29, 0.717) is 65.0 Å². The van der Waals surface area contributed by atoms with Gasteiger partial charge in [-0.05, 0) is 87.8 Å². The maximum Gasteiger partial charge on any atom is 0.244 e. The third-order valence-electron chi connectivity index (χ3n) is 11.2. The zero-order chi connectivity index (χ0) is 42.5. The largest absolute Gasteiger partial charge is 0.383 e. The zero-order valence-corrected chi connectivity index (χ0v) is 37.1. The van der Waals surface area contributed by atoms with Crippen molar-refractivity contribution < 1.29 is 45.5 Å². The lowest BCUT2D eigenvalue weighted by Crippen LogP contribution is -2.55. The first-order valence-corrected chi connectivity index (χ1v) is 23.3. The van der Waals surface area contributed by atoms with E-state index in [4.69, 9.17) is 55.9 Å². The number of ketones is 1. The molecule has 0 aromatic heterocycles. The highest BCUT2D eigenvalue weighted by Crippen LogP contribution is 2.40. The van der Waals surface area contributed by atoms with E-state index in [1.807, 2.05) is 0 Å². The third kappa shape index (κ3) is 10.2. The number of rotatable bonds is 13. The number of aldehydes is 1. The minimum absolute atomic E-state index is 0.0464. The Morgan fingerprint density at radius 2 is 1.10 bits per heavy atom. The zero-order valence-electron chi connectivity index (χ0n) is 32.4. The summed E-state index contributed by atoms with van der Waals surface area (Å²) in [5.74, 6) is -1.59. The Morgan fingerprint density at radius 3 is 1.52 bits per heavy atom. The number of halogens is 4. The number of benzene rings is 2. The summed E-state index contributed by atoms with van der Waals surface area (Å²) >= 11 is 24.1. The summed E-state index contributed by atoms with van der Waals surface area (Å²) in [6.45, 7) is 3.26. The normalized spacial score (nSPS) is 25.7. The van der Waals surface area contributed by atoms with Crippen molar-refractivity contribution >= 4 is 90.3 Å². The number of hydrogen-bond donors (Lipinski definition) is 0. The minimum Gasteiger partial charge on any atom is -0.383 e. The van der Waals surface area contributed by atoms with Crippen LogP contribution in [0.15, 0.2) is 46.2 Å². The molecular weight excluding hydrogens is 878 g/mol. The molecule has 4 unspecified atom stereocenters. The highest BCUT2D eigenvalue weighted by molar-refractivity contribution is 7.89. The molecule has 0 aliphatic carbocycles. The Bertz CT molecular complexity index is 2040. The highest BCUT2D eigenvalue weighted by atomic mass is 35.5. The van der Waals surface area contributed by atoms with Crippen LogP contribution in [0.1, 0.15) is 51.9 Å². The summed E-state index contributed by atoms with van der Waals surface area (Å²) in [7, 11) is -5.07. The number of sulfonamides is 2. The van der Waals surface area contributed by atoms with Crippen molar-refractivity contribution in [2.24, 2.45) is 11.8 Å². The molecule has 20 heteroatoms. The van der Waals surface area contributed by atoms with E-state index in [1.54, 1.807) is 16.9 Å². The fourth-order valence-electron chi connectivity index (χ4n) is 8.51. The lowest BCUT2D eigenvalue weighted by molar-refractivity contribution is -0.136. The number of fused-ring (bicyclic) bond motifs is 4. The predicted octanol–water partition coefficient (Wildman–Crippen LogP) is 5.20. The monoisotopic (exact) mass is 924 g/mol. The van der Waals surface area contributed by atoms with Crippen molar-refractivity contribution in [3.8, 4) is 0 Å². The number of nitrogens with zero attached hydrogens (tertiary/aromatic N) is 4. The summed E-state index contributed by atoms with van der Waals surface area (Å²) in [6.07, 6.45) is 4.29. The molecule has 6 rings (SSSR count). The smallest absolute Gasteiger partial charge is 0.244 e. The average molecular weight is 927 g/mol. The van der Waals surface area contributed by atoms with Crippen molar-refractivity contribution in [2.45, 2.75) is 85.8 Å². The van der Waals surface area contributed by atoms with Crippen LogP contribution in [0.5, 0.6) is 0 Å². The first-order valence-electron chi connectivity index (χ1n) is 18.9. The van der Waals surface area contributed by atoms with Crippen molar-refractivity contribution in [3.63, 3.8) is 0 Å². The predicted molar refractivity (Wildman–Crippen MR) is 219 cm³/mol. The van der Waals surface area contributed by atoms with E-state index >= 15 is 0 Å². The second-order valence-corrected chi connectivity index (χ2v) is 20.3. The molecule has 4 aliphatic rings. The number of piperidine rings is 2. The van der Waals surface area contributed by atoms with Crippen LogP contribution in [-0.2, 0) is 48.7 Å². The fourth-order valence-corrected chi connectivity index (χ4v) is 13.7. The number of methoxy groups -OCH3 is 2. The molecule has 14 nitrogen and oxygen atoms in total. The van der Waals surface area contributed by atoms with E-state index < -0.39 is 50.1 Å². The molecule has 0 saturated carbocycles. The molecule has 0 N–H and O–H groups in total. The van der Waals surface area contributed by atoms with Crippen LogP contribution in [0.4, 0.5) is 0 Å². The van der Waals surface area contributed by atoms with Gasteiger partial charge in [0.25, 0.3) is 0 Å². The molecule has 4 fully saturated rings. The maximum absolute atomic E-state index is 13.6. The highest BCUT2D eigenvalue weighted by Gasteiger charge is 2.52. The van der Waals surface area contributed by atoms with E-state index in [9.17, 15) is 36.0 Å². The van der Waals surface area contributed by atoms with Crippen molar-refractivity contribution in [1.82, 2.24) is 18.4 Å². The van der Waals surface area contributed by atoms with Gasteiger partial charge in [0.05, 0.1) is 28.9 Å². The Morgan fingerprint density at radius 1 is 0.690 bits per heavy atom. The van der Waals surface area contributed by atoms with Gasteiger partial charge >= 0.3 is 0 Å². The Kier molecular flexibility index (Phi) is 16.1. The van der Waals surface area contributed by atoms with Crippen LogP contribution in [-0.4, -0.2) is 137 Å². The molecule has 4 saturated heterocycles. The SMILES string of the molecule is COCCN1C[C@H](C(C)=O)C2CCCC(C1=O)N2S(=O)(=O)c1cc(Cl)cc(Cl)c1.COCCN1C[C@H](CC=O)C2CCCC(C1=O)N2S(=O)(=O)c1cc(Cl)cc(Cl)c1. The number of carbonyl (C=O) groups excluding carboxylic acids is 4. The van der Waals surface area contributed by atoms with Crippen LogP contribution in [0, 0.1) is 11.8 Å². The first-order chi connectivity index (χ1) is 27.5. The number of carbonyl (C=O) groups is 4. The number of ether oxygens (including phenoxy) is 2. The van der Waals surface area contributed by atoms with Crippen LogP contribution in [0.3, 0.4) is 0 Å². The molecule has 4 aliphatic heterocycles. The van der Waals surface area contributed by atoms with Gasteiger partial charge in [0.2, 0.25) is 31.9 Å². The molecule has 4 bridgehead atoms. The van der Waals surface area contributed by atoms with Gasteiger partial charge in [-0.25, -0.2) is 16.8 Å². The molecule has 0 spiro atoms. The number of Topliss-reactive ketones (excluding diaryl/α,β-unsaturated/α-hetero) is 1.